The average molecular weight is 273 g/mol. The Hall–Kier alpha value is -0.620. The van der Waals surface area contributed by atoms with Crippen molar-refractivity contribution >= 4 is 33.3 Å². The summed E-state index contributed by atoms with van der Waals surface area (Å²) in [4.78, 5) is 4.03. The van der Waals surface area contributed by atoms with Gasteiger partial charge >= 0.3 is 0 Å². The molecule has 2 rings (SSSR count). The van der Waals surface area contributed by atoms with E-state index in [1.54, 1.807) is 16.4 Å². The van der Waals surface area contributed by atoms with Crippen LogP contribution in [0.4, 0.5) is 0 Å². The summed E-state index contributed by atoms with van der Waals surface area (Å²) in [7, 11) is 0. The molecular weight excluding hydrogens is 264 g/mol. The second-order valence-electron chi connectivity index (χ2n) is 2.67. The van der Waals surface area contributed by atoms with Crippen molar-refractivity contribution in [2.24, 2.45) is 0 Å². The number of hydrogen-bond acceptors (Lipinski definition) is 4. The molecule has 14 heavy (non-hydrogen) atoms. The van der Waals surface area contributed by atoms with E-state index >= 15 is 0 Å². The summed E-state index contributed by atoms with van der Waals surface area (Å²) in [5, 5.41) is 10.3. The molecule has 0 saturated heterocycles. The maximum Gasteiger partial charge on any atom is 0.176 e. The summed E-state index contributed by atoms with van der Waals surface area (Å²) in [6, 6.07) is 3.90. The molecule has 4 nitrogen and oxygen atoms in total. The van der Waals surface area contributed by atoms with Crippen LogP contribution in [0.1, 0.15) is 6.42 Å². The monoisotopic (exact) mass is 272 g/mol. The molecule has 2 aromatic heterocycles. The van der Waals surface area contributed by atoms with Crippen LogP contribution >= 0.6 is 27.7 Å². The Morgan fingerprint density at radius 3 is 3.21 bits per heavy atom. The van der Waals surface area contributed by atoms with Crippen LogP contribution in [0.3, 0.4) is 0 Å². The first-order valence-corrected chi connectivity index (χ1v) is 6.37. The third-order valence-electron chi connectivity index (χ3n) is 1.65. The van der Waals surface area contributed by atoms with Gasteiger partial charge in [0.1, 0.15) is 11.4 Å². The van der Waals surface area contributed by atoms with Crippen molar-refractivity contribution in [1.29, 1.82) is 0 Å². The third kappa shape index (κ3) is 2.24. The largest absolute Gasteiger partial charge is 0.213 e. The Morgan fingerprint density at radius 2 is 2.36 bits per heavy atom. The second-order valence-corrected chi connectivity index (χ2v) is 4.58. The number of hydrogen-bond donors (Lipinski definition) is 0. The molecule has 0 spiro atoms. The van der Waals surface area contributed by atoms with E-state index in [0.29, 0.717) is 0 Å². The number of thioether (sulfide) groups is 1. The molecule has 0 saturated carbocycles. The van der Waals surface area contributed by atoms with Gasteiger partial charge in [-0.25, -0.2) is 4.98 Å². The Bertz CT molecular complexity index is 416. The van der Waals surface area contributed by atoms with Gasteiger partial charge in [-0.15, -0.1) is 26.6 Å². The van der Waals surface area contributed by atoms with Gasteiger partial charge < -0.3 is 0 Å². The fourth-order valence-electron chi connectivity index (χ4n) is 1.01. The third-order valence-corrected chi connectivity index (χ3v) is 3.22. The predicted octanol–water partition coefficient (Wildman–Crippen LogP) is 2.00. The smallest absolute Gasteiger partial charge is 0.176 e. The minimum absolute atomic E-state index is 0.787. The number of alkyl halides is 1. The van der Waals surface area contributed by atoms with Gasteiger partial charge in [0.25, 0.3) is 0 Å². The topological polar surface area (TPSA) is 43.1 Å². The summed E-state index contributed by atoms with van der Waals surface area (Å²) in [5.74, 6) is 1.07. The molecule has 2 aromatic rings. The van der Waals surface area contributed by atoms with Crippen molar-refractivity contribution in [1.82, 2.24) is 19.8 Å². The van der Waals surface area contributed by atoms with Gasteiger partial charge in [-0.2, -0.15) is 0 Å². The lowest BCUT2D eigenvalue weighted by Gasteiger charge is -1.98. The fraction of sp³-hybridized carbons (Fsp3) is 0.375. The Morgan fingerprint density at radius 1 is 1.43 bits per heavy atom. The highest BCUT2D eigenvalue weighted by Gasteiger charge is 1.99. The fourth-order valence-corrected chi connectivity index (χ4v) is 2.46. The molecule has 0 aliphatic carbocycles. The highest BCUT2D eigenvalue weighted by molar-refractivity contribution is 9.09. The van der Waals surface area contributed by atoms with Crippen molar-refractivity contribution in [3.8, 4) is 0 Å². The molecule has 0 fully saturated rings. The highest BCUT2D eigenvalue weighted by atomic mass is 79.9. The number of nitrogens with zero attached hydrogens (tertiary/aromatic N) is 4. The summed E-state index contributed by atoms with van der Waals surface area (Å²) < 4.78 is 1.55. The van der Waals surface area contributed by atoms with Crippen LogP contribution in [0, 0.1) is 0 Å². The van der Waals surface area contributed by atoms with Crippen molar-refractivity contribution < 1.29 is 0 Å². The van der Waals surface area contributed by atoms with Gasteiger partial charge in [-0.3, -0.25) is 0 Å². The molecule has 0 amide bonds. The maximum absolute atomic E-state index is 4.30. The summed E-state index contributed by atoms with van der Waals surface area (Å²) in [6.07, 6.45) is 2.65. The minimum atomic E-state index is 0.787. The van der Waals surface area contributed by atoms with Crippen LogP contribution in [0.25, 0.3) is 5.65 Å². The standard InChI is InChI=1S/C8H9BrN4S/c9-4-1-5-14-8-3-2-7-10-6-11-13(7)12-8/h2-3,6H,1,4-5H2. The summed E-state index contributed by atoms with van der Waals surface area (Å²) in [6.45, 7) is 0. The van der Waals surface area contributed by atoms with Gasteiger partial charge in [0.15, 0.2) is 5.65 Å². The zero-order chi connectivity index (χ0) is 9.80. The Kier molecular flexibility index (Phi) is 3.36. The molecule has 0 aromatic carbocycles. The van der Waals surface area contributed by atoms with Crippen LogP contribution in [0.2, 0.25) is 0 Å². The molecule has 0 aliphatic heterocycles. The number of aromatic nitrogens is 4. The zero-order valence-electron chi connectivity index (χ0n) is 7.43. The highest BCUT2D eigenvalue weighted by Crippen LogP contribution is 2.15. The summed E-state index contributed by atoms with van der Waals surface area (Å²) in [5.41, 5.74) is 0.787. The van der Waals surface area contributed by atoms with Gasteiger partial charge in [-0.1, -0.05) is 15.9 Å². The lowest BCUT2D eigenvalue weighted by atomic mass is 10.6. The van der Waals surface area contributed by atoms with Crippen LogP contribution in [0.5, 0.6) is 0 Å². The predicted molar refractivity (Wildman–Crippen MR) is 59.9 cm³/mol. The lowest BCUT2D eigenvalue weighted by Crippen LogP contribution is -1.95. The molecule has 0 N–H and O–H groups in total. The van der Waals surface area contributed by atoms with Gasteiger partial charge in [-0.05, 0) is 18.6 Å². The van der Waals surface area contributed by atoms with Crippen LogP contribution in [-0.2, 0) is 0 Å². The van der Waals surface area contributed by atoms with Crippen molar-refractivity contribution in [3.63, 3.8) is 0 Å². The molecule has 74 valence electrons. The van der Waals surface area contributed by atoms with E-state index in [9.17, 15) is 0 Å². The summed E-state index contributed by atoms with van der Waals surface area (Å²) >= 11 is 5.13. The van der Waals surface area contributed by atoms with E-state index < -0.39 is 0 Å². The first-order chi connectivity index (χ1) is 6.90. The number of rotatable bonds is 4. The average Bonchev–Trinajstić information content (AvgIpc) is 2.65. The molecule has 0 atom stereocenters. The van der Waals surface area contributed by atoms with Gasteiger partial charge in [0.2, 0.25) is 0 Å². The SMILES string of the molecule is BrCCCSc1ccc2ncnn2n1. The van der Waals surface area contributed by atoms with Crippen molar-refractivity contribution in [3.05, 3.63) is 18.5 Å². The molecule has 6 heteroatoms. The quantitative estimate of drug-likeness (QED) is 0.485. The first-order valence-electron chi connectivity index (χ1n) is 4.26. The second kappa shape index (κ2) is 4.75. The Balaban J connectivity index is 2.10. The van der Waals surface area contributed by atoms with E-state index in [1.165, 1.54) is 6.33 Å². The lowest BCUT2D eigenvalue weighted by molar-refractivity contribution is 0.752. The number of halogens is 1. The van der Waals surface area contributed by atoms with Gasteiger partial charge in [0.05, 0.1) is 0 Å². The minimum Gasteiger partial charge on any atom is -0.213 e. The molecule has 0 bridgehead atoms. The normalized spacial score (nSPS) is 10.9. The molecule has 0 unspecified atom stereocenters. The maximum atomic E-state index is 4.30. The van der Waals surface area contributed by atoms with Crippen LogP contribution in [-0.4, -0.2) is 30.9 Å². The zero-order valence-corrected chi connectivity index (χ0v) is 9.83. The first kappa shape index (κ1) is 9.92. The molecule has 0 radical (unpaired) electrons. The van der Waals surface area contributed by atoms with E-state index in [0.717, 1.165) is 28.2 Å². The van der Waals surface area contributed by atoms with Crippen LogP contribution < -0.4 is 0 Å². The van der Waals surface area contributed by atoms with Gasteiger partial charge in [0, 0.05) is 11.1 Å². The van der Waals surface area contributed by atoms with E-state index in [1.807, 2.05) is 12.1 Å². The Labute approximate surface area is 94.2 Å². The van der Waals surface area contributed by atoms with Crippen molar-refractivity contribution in [2.75, 3.05) is 11.1 Å². The van der Waals surface area contributed by atoms with E-state index in [-0.39, 0.29) is 0 Å². The molecule has 2 heterocycles. The van der Waals surface area contributed by atoms with Crippen molar-refractivity contribution in [2.45, 2.75) is 11.4 Å². The van der Waals surface area contributed by atoms with E-state index in [2.05, 4.69) is 31.1 Å². The molecular formula is C8H9BrN4S. The molecule has 0 aliphatic rings. The number of fused-ring (bicyclic) bond motifs is 1. The van der Waals surface area contributed by atoms with Crippen LogP contribution in [0.15, 0.2) is 23.5 Å². The van der Waals surface area contributed by atoms with E-state index in [4.69, 9.17) is 0 Å².